The molecule has 1 rings (SSSR count). The summed E-state index contributed by atoms with van der Waals surface area (Å²) >= 11 is 0. The van der Waals surface area contributed by atoms with Crippen molar-refractivity contribution in [3.63, 3.8) is 0 Å². The summed E-state index contributed by atoms with van der Waals surface area (Å²) in [7, 11) is 1.27. The van der Waals surface area contributed by atoms with Crippen molar-refractivity contribution in [2.45, 2.75) is 19.4 Å². The molecule has 0 amide bonds. The molecule has 0 radical (unpaired) electrons. The Morgan fingerprint density at radius 3 is 2.90 bits per heavy atom. The fraction of sp³-hybridized carbons (Fsp3) is 0.500. The van der Waals surface area contributed by atoms with E-state index in [-0.39, 0.29) is 25.3 Å². The van der Waals surface area contributed by atoms with Crippen LogP contribution in [0.25, 0.3) is 10.4 Å². The molecule has 1 aromatic rings. The summed E-state index contributed by atoms with van der Waals surface area (Å²) < 4.78 is 11.1. The minimum atomic E-state index is -0.523. The molecule has 0 saturated carbocycles. The number of aromatic nitrogens is 1. The van der Waals surface area contributed by atoms with Crippen LogP contribution in [0.5, 0.6) is 0 Å². The molecule has 0 saturated heterocycles. The monoisotopic (exact) mass is 280 g/mol. The number of nitrogens with zero attached hydrogens (tertiary/aromatic N) is 4. The molecule has 0 aliphatic carbocycles. The summed E-state index contributed by atoms with van der Waals surface area (Å²) in [6, 6.07) is 2.73. The molecule has 0 spiro atoms. The summed E-state index contributed by atoms with van der Waals surface area (Å²) in [6.07, 6.45) is 1.63. The Hall–Kier alpha value is -2.47. The van der Waals surface area contributed by atoms with Crippen molar-refractivity contribution in [1.29, 1.82) is 0 Å². The maximum absolute atomic E-state index is 11.6. The van der Waals surface area contributed by atoms with Gasteiger partial charge in [-0.3, -0.25) is 4.79 Å². The van der Waals surface area contributed by atoms with E-state index in [9.17, 15) is 9.59 Å². The molecule has 0 unspecified atom stereocenters. The van der Waals surface area contributed by atoms with E-state index in [1.54, 1.807) is 29.8 Å². The van der Waals surface area contributed by atoms with Gasteiger partial charge in [0.15, 0.2) is 0 Å². The number of ether oxygens (including phenoxy) is 2. The summed E-state index contributed by atoms with van der Waals surface area (Å²) in [5.41, 5.74) is 8.70. The number of hydrogen-bond donors (Lipinski definition) is 0. The smallest absolute Gasteiger partial charge is 0.354 e. The van der Waals surface area contributed by atoms with Gasteiger partial charge in [0.2, 0.25) is 0 Å². The lowest BCUT2D eigenvalue weighted by atomic mass is 10.2. The third kappa shape index (κ3) is 4.03. The number of hydrogen-bond acceptors (Lipinski definition) is 5. The van der Waals surface area contributed by atoms with Crippen LogP contribution in [-0.2, 0) is 14.3 Å². The summed E-state index contributed by atoms with van der Waals surface area (Å²) in [6.45, 7) is 2.01. The first-order chi connectivity index (χ1) is 9.63. The van der Waals surface area contributed by atoms with Crippen molar-refractivity contribution >= 4 is 11.9 Å². The van der Waals surface area contributed by atoms with Gasteiger partial charge in [0.25, 0.3) is 0 Å². The molecule has 20 heavy (non-hydrogen) atoms. The zero-order valence-electron chi connectivity index (χ0n) is 11.4. The van der Waals surface area contributed by atoms with E-state index in [0.717, 1.165) is 0 Å². The van der Waals surface area contributed by atoms with Crippen LogP contribution in [0.2, 0.25) is 0 Å². The number of methoxy groups -OCH3 is 1. The number of rotatable bonds is 7. The van der Waals surface area contributed by atoms with Crippen LogP contribution < -0.4 is 0 Å². The second kappa shape index (κ2) is 7.85. The predicted molar refractivity (Wildman–Crippen MR) is 70.1 cm³/mol. The average Bonchev–Trinajstić information content (AvgIpc) is 2.92. The minimum Gasteiger partial charge on any atom is -0.466 e. The Bertz CT molecular complexity index is 519. The lowest BCUT2D eigenvalue weighted by Crippen LogP contribution is -2.21. The molecule has 0 N–H and O–H groups in total. The third-order valence-electron chi connectivity index (χ3n) is 2.63. The van der Waals surface area contributed by atoms with Crippen molar-refractivity contribution in [3.05, 3.63) is 34.5 Å². The summed E-state index contributed by atoms with van der Waals surface area (Å²) in [5.74, 6) is -0.944. The van der Waals surface area contributed by atoms with Crippen molar-refractivity contribution in [3.8, 4) is 0 Å². The lowest BCUT2D eigenvalue weighted by molar-refractivity contribution is -0.144. The number of azide groups is 1. The first-order valence-corrected chi connectivity index (χ1v) is 6.05. The SMILES string of the molecule is CCOC(=O)C[C@@H](CN=[N+]=[N-])n1cccc1C(=O)OC. The normalized spacial score (nSPS) is 11.3. The molecule has 0 aromatic carbocycles. The molecule has 108 valence electrons. The second-order valence-electron chi connectivity index (χ2n) is 3.87. The highest BCUT2D eigenvalue weighted by atomic mass is 16.5. The zero-order valence-corrected chi connectivity index (χ0v) is 11.4. The number of carbonyl (C=O) groups is 2. The van der Waals surface area contributed by atoms with Crippen LogP contribution in [0, 0.1) is 0 Å². The van der Waals surface area contributed by atoms with E-state index in [1.807, 2.05) is 0 Å². The van der Waals surface area contributed by atoms with Gasteiger partial charge in [0, 0.05) is 23.7 Å². The lowest BCUT2D eigenvalue weighted by Gasteiger charge is -2.18. The fourth-order valence-corrected chi connectivity index (χ4v) is 1.78. The molecule has 1 aromatic heterocycles. The van der Waals surface area contributed by atoms with Gasteiger partial charge in [-0.15, -0.1) is 0 Å². The fourth-order valence-electron chi connectivity index (χ4n) is 1.78. The molecule has 8 nitrogen and oxygen atoms in total. The van der Waals surface area contributed by atoms with Crippen LogP contribution in [0.4, 0.5) is 0 Å². The van der Waals surface area contributed by atoms with E-state index >= 15 is 0 Å². The molecular formula is C12H16N4O4. The number of esters is 2. The van der Waals surface area contributed by atoms with E-state index in [1.165, 1.54) is 7.11 Å². The van der Waals surface area contributed by atoms with Crippen molar-refractivity contribution in [2.24, 2.45) is 5.11 Å². The van der Waals surface area contributed by atoms with Crippen molar-refractivity contribution in [1.82, 2.24) is 4.57 Å². The van der Waals surface area contributed by atoms with Crippen LogP contribution in [0.1, 0.15) is 29.9 Å². The van der Waals surface area contributed by atoms with Crippen molar-refractivity contribution in [2.75, 3.05) is 20.3 Å². The van der Waals surface area contributed by atoms with Gasteiger partial charge < -0.3 is 14.0 Å². The first kappa shape index (κ1) is 15.6. The Kier molecular flexibility index (Phi) is 6.12. The minimum absolute atomic E-state index is 0.00549. The van der Waals surface area contributed by atoms with Gasteiger partial charge in [0.05, 0.1) is 20.1 Å². The Morgan fingerprint density at radius 1 is 1.55 bits per heavy atom. The topological polar surface area (TPSA) is 106 Å². The van der Waals surface area contributed by atoms with Gasteiger partial charge in [-0.1, -0.05) is 5.11 Å². The summed E-state index contributed by atoms with van der Waals surface area (Å²) in [5, 5.41) is 3.47. The second-order valence-corrected chi connectivity index (χ2v) is 3.87. The Labute approximate surface area is 115 Å². The number of carbonyl (C=O) groups excluding carboxylic acids is 2. The van der Waals surface area contributed by atoms with E-state index < -0.39 is 18.0 Å². The zero-order chi connectivity index (χ0) is 15.0. The molecule has 1 atom stereocenters. The first-order valence-electron chi connectivity index (χ1n) is 6.05. The van der Waals surface area contributed by atoms with Crippen molar-refractivity contribution < 1.29 is 19.1 Å². The van der Waals surface area contributed by atoms with Gasteiger partial charge in [-0.25, -0.2) is 4.79 Å². The highest BCUT2D eigenvalue weighted by Crippen LogP contribution is 2.18. The maximum atomic E-state index is 11.6. The molecule has 0 aliphatic rings. The van der Waals surface area contributed by atoms with Gasteiger partial charge in [0.1, 0.15) is 5.69 Å². The Morgan fingerprint density at radius 2 is 2.30 bits per heavy atom. The Balaban J connectivity index is 2.98. The molecule has 8 heteroatoms. The van der Waals surface area contributed by atoms with Crippen LogP contribution in [0.3, 0.4) is 0 Å². The maximum Gasteiger partial charge on any atom is 0.354 e. The van der Waals surface area contributed by atoms with E-state index in [0.29, 0.717) is 0 Å². The predicted octanol–water partition coefficient (Wildman–Crippen LogP) is 2.08. The van der Waals surface area contributed by atoms with E-state index in [4.69, 9.17) is 10.3 Å². The van der Waals surface area contributed by atoms with Crippen LogP contribution in [0.15, 0.2) is 23.4 Å². The highest BCUT2D eigenvalue weighted by molar-refractivity contribution is 5.87. The van der Waals surface area contributed by atoms with Gasteiger partial charge >= 0.3 is 11.9 Å². The van der Waals surface area contributed by atoms with E-state index in [2.05, 4.69) is 14.8 Å². The highest BCUT2D eigenvalue weighted by Gasteiger charge is 2.21. The largest absolute Gasteiger partial charge is 0.466 e. The van der Waals surface area contributed by atoms with Crippen LogP contribution in [-0.4, -0.2) is 36.8 Å². The van der Waals surface area contributed by atoms with Crippen LogP contribution >= 0.6 is 0 Å². The summed E-state index contributed by atoms with van der Waals surface area (Å²) in [4.78, 5) is 25.9. The molecule has 0 aliphatic heterocycles. The molecule has 0 bridgehead atoms. The van der Waals surface area contributed by atoms with Gasteiger partial charge in [-0.05, 0) is 24.6 Å². The molecule has 0 fully saturated rings. The quantitative estimate of drug-likeness (QED) is 0.330. The third-order valence-corrected chi connectivity index (χ3v) is 2.63. The van der Waals surface area contributed by atoms with Gasteiger partial charge in [-0.2, -0.15) is 0 Å². The standard InChI is InChI=1S/C12H16N4O4/c1-3-20-11(17)7-9(8-14-15-13)16-6-4-5-10(16)12(18)19-2/h4-6,9H,3,7-8H2,1-2H3/t9-/m0/s1. The average molecular weight is 280 g/mol. The molecule has 1 heterocycles. The molecular weight excluding hydrogens is 264 g/mol.